The minimum atomic E-state index is -1.02. The van der Waals surface area contributed by atoms with Crippen LogP contribution in [0.2, 0.25) is 0 Å². The van der Waals surface area contributed by atoms with E-state index in [9.17, 15) is 19.5 Å². The van der Waals surface area contributed by atoms with E-state index in [2.05, 4.69) is 12.2 Å². The van der Waals surface area contributed by atoms with Gasteiger partial charge in [-0.3, -0.25) is 14.5 Å². The second-order valence-electron chi connectivity index (χ2n) is 11.0. The predicted molar refractivity (Wildman–Crippen MR) is 148 cm³/mol. The number of hydrogen-bond acceptors (Lipinski definition) is 3. The van der Waals surface area contributed by atoms with Crippen molar-refractivity contribution < 1.29 is 19.5 Å². The van der Waals surface area contributed by atoms with Gasteiger partial charge in [-0.05, 0) is 23.0 Å². The monoisotopic (exact) mass is 508 g/mol. The molecule has 0 heterocycles. The molecule has 0 aliphatic heterocycles. The second-order valence-corrected chi connectivity index (χ2v) is 11.0. The summed E-state index contributed by atoms with van der Waals surface area (Å²) in [6.07, 6.45) is 6.48. The van der Waals surface area contributed by atoms with Crippen LogP contribution in [0.25, 0.3) is 0 Å². The maximum absolute atomic E-state index is 13.7. The molecule has 0 spiro atoms. The van der Waals surface area contributed by atoms with Crippen LogP contribution < -0.4 is 5.32 Å². The van der Waals surface area contributed by atoms with Gasteiger partial charge in [-0.1, -0.05) is 127 Å². The molecule has 1 unspecified atom stereocenters. The number of carboxylic acids is 1. The van der Waals surface area contributed by atoms with Crippen LogP contribution >= 0.6 is 0 Å². The number of rotatable bonds is 14. The molecule has 0 aromatic heterocycles. The molecule has 0 saturated heterocycles. The maximum atomic E-state index is 13.7. The average molecular weight is 509 g/mol. The Balaban J connectivity index is 2.27. The fourth-order valence-electron chi connectivity index (χ4n) is 4.49. The van der Waals surface area contributed by atoms with Crippen LogP contribution in [0.4, 0.5) is 4.79 Å². The number of carbonyl (C=O) groups excluding carboxylic acids is 2. The summed E-state index contributed by atoms with van der Waals surface area (Å²) in [4.78, 5) is 40.3. The first-order chi connectivity index (χ1) is 17.6. The Morgan fingerprint density at radius 1 is 0.838 bits per heavy atom. The molecule has 0 radical (unpaired) electrons. The van der Waals surface area contributed by atoms with Crippen molar-refractivity contribution in [3.05, 3.63) is 71.8 Å². The van der Waals surface area contributed by atoms with Crippen molar-refractivity contribution in [3.8, 4) is 0 Å². The summed E-state index contributed by atoms with van der Waals surface area (Å²) in [5.74, 6) is -2.17. The zero-order valence-electron chi connectivity index (χ0n) is 22.9. The van der Waals surface area contributed by atoms with Gasteiger partial charge in [0.2, 0.25) is 5.91 Å². The summed E-state index contributed by atoms with van der Waals surface area (Å²) in [6.45, 7) is 8.25. The molecule has 2 aromatic carbocycles. The molecule has 0 bridgehead atoms. The molecule has 0 fully saturated rings. The van der Waals surface area contributed by atoms with Gasteiger partial charge in [0, 0.05) is 12.5 Å². The third kappa shape index (κ3) is 10.8. The highest BCUT2D eigenvalue weighted by Gasteiger charge is 2.34. The minimum Gasteiger partial charge on any atom is -0.481 e. The fourth-order valence-corrected chi connectivity index (χ4v) is 4.49. The molecule has 2 aromatic rings. The smallest absolute Gasteiger partial charge is 0.324 e. The number of nitrogens with zero attached hydrogens (tertiary/aromatic N) is 1. The third-order valence-corrected chi connectivity index (χ3v) is 6.35. The standard InChI is InChI=1S/C31H44N2O4/c1-5-6-7-8-9-12-21-26(22-27(34)35)29(36)33(23-31(2,3)4)30(37)32-28(24-17-13-10-14-18-24)25-19-15-11-16-20-25/h10-11,13-20,26,28H,5-9,12,21-23H2,1-4H3,(H,32,37)(H,34,35). The highest BCUT2D eigenvalue weighted by atomic mass is 16.4. The lowest BCUT2D eigenvalue weighted by Gasteiger charge is -2.32. The van der Waals surface area contributed by atoms with Gasteiger partial charge in [0.25, 0.3) is 0 Å². The summed E-state index contributed by atoms with van der Waals surface area (Å²) in [7, 11) is 0. The van der Waals surface area contributed by atoms with E-state index in [1.54, 1.807) is 0 Å². The van der Waals surface area contributed by atoms with Crippen molar-refractivity contribution in [3.63, 3.8) is 0 Å². The summed E-state index contributed by atoms with van der Waals surface area (Å²) >= 11 is 0. The third-order valence-electron chi connectivity index (χ3n) is 6.35. The Morgan fingerprint density at radius 2 is 1.35 bits per heavy atom. The van der Waals surface area contributed by atoms with Crippen molar-refractivity contribution in [2.75, 3.05) is 6.54 Å². The second kappa shape index (κ2) is 15.2. The molecular weight excluding hydrogens is 464 g/mol. The Morgan fingerprint density at radius 3 is 1.84 bits per heavy atom. The number of imide groups is 1. The molecule has 0 aliphatic rings. The summed E-state index contributed by atoms with van der Waals surface area (Å²) < 4.78 is 0. The molecule has 2 rings (SSSR count). The van der Waals surface area contributed by atoms with Crippen LogP contribution in [0.1, 0.15) is 96.2 Å². The molecule has 0 aliphatic carbocycles. The van der Waals surface area contributed by atoms with Gasteiger partial charge in [-0.2, -0.15) is 0 Å². The lowest BCUT2D eigenvalue weighted by atomic mass is 9.92. The normalized spacial score (nSPS) is 12.2. The van der Waals surface area contributed by atoms with E-state index in [-0.39, 0.29) is 18.4 Å². The maximum Gasteiger partial charge on any atom is 0.324 e. The Hall–Kier alpha value is -3.15. The van der Waals surface area contributed by atoms with Gasteiger partial charge in [0.05, 0.1) is 12.5 Å². The van der Waals surface area contributed by atoms with Crippen molar-refractivity contribution >= 4 is 17.9 Å². The van der Waals surface area contributed by atoms with Crippen LogP contribution in [-0.2, 0) is 9.59 Å². The number of carbonyl (C=O) groups is 3. The van der Waals surface area contributed by atoms with Crippen molar-refractivity contribution in [1.82, 2.24) is 10.2 Å². The van der Waals surface area contributed by atoms with Crippen LogP contribution in [0.3, 0.4) is 0 Å². The van der Waals surface area contributed by atoms with E-state index >= 15 is 0 Å². The molecule has 0 saturated carbocycles. The first kappa shape index (κ1) is 30.1. The first-order valence-electron chi connectivity index (χ1n) is 13.6. The molecule has 6 nitrogen and oxygen atoms in total. The highest BCUT2D eigenvalue weighted by Crippen LogP contribution is 2.25. The highest BCUT2D eigenvalue weighted by molar-refractivity contribution is 5.97. The number of unbranched alkanes of at least 4 members (excludes halogenated alkanes) is 5. The SMILES string of the molecule is CCCCCCCCC(CC(=O)O)C(=O)N(CC(C)(C)C)C(=O)NC(c1ccccc1)c1ccccc1. The zero-order valence-corrected chi connectivity index (χ0v) is 22.9. The van der Waals surface area contributed by atoms with Crippen LogP contribution in [0, 0.1) is 11.3 Å². The van der Waals surface area contributed by atoms with Crippen molar-refractivity contribution in [2.24, 2.45) is 11.3 Å². The average Bonchev–Trinajstić information content (AvgIpc) is 2.87. The number of hydrogen-bond donors (Lipinski definition) is 2. The van der Waals surface area contributed by atoms with E-state index in [0.29, 0.717) is 6.42 Å². The summed E-state index contributed by atoms with van der Waals surface area (Å²) in [5.41, 5.74) is 1.45. The molecule has 6 heteroatoms. The number of amides is 3. The van der Waals surface area contributed by atoms with Gasteiger partial charge >= 0.3 is 12.0 Å². The van der Waals surface area contributed by atoms with Gasteiger partial charge < -0.3 is 10.4 Å². The lowest BCUT2D eigenvalue weighted by molar-refractivity contribution is -0.144. The number of benzene rings is 2. The predicted octanol–water partition coefficient (Wildman–Crippen LogP) is 7.20. The molecule has 3 amide bonds. The van der Waals surface area contributed by atoms with E-state index < -0.39 is 29.9 Å². The van der Waals surface area contributed by atoms with Crippen LogP contribution in [0.15, 0.2) is 60.7 Å². The van der Waals surface area contributed by atoms with E-state index in [1.807, 2.05) is 81.4 Å². The van der Waals surface area contributed by atoms with E-state index in [1.165, 1.54) is 11.3 Å². The molecule has 202 valence electrons. The summed E-state index contributed by atoms with van der Waals surface area (Å²) in [6, 6.07) is 18.3. The van der Waals surface area contributed by atoms with Crippen LogP contribution in [-0.4, -0.2) is 34.5 Å². The quantitative estimate of drug-likeness (QED) is 0.264. The molecule has 2 N–H and O–H groups in total. The van der Waals surface area contributed by atoms with Gasteiger partial charge in [0.15, 0.2) is 0 Å². The largest absolute Gasteiger partial charge is 0.481 e. The first-order valence-corrected chi connectivity index (χ1v) is 13.6. The Kier molecular flexibility index (Phi) is 12.3. The zero-order chi connectivity index (χ0) is 27.3. The number of carboxylic acid groups (broad SMARTS) is 1. The fraction of sp³-hybridized carbons (Fsp3) is 0.516. The lowest BCUT2D eigenvalue weighted by Crippen LogP contribution is -2.50. The van der Waals surface area contributed by atoms with Crippen molar-refractivity contribution in [2.45, 2.75) is 85.1 Å². The summed E-state index contributed by atoms with van der Waals surface area (Å²) in [5, 5.41) is 12.6. The molecule has 1 atom stereocenters. The topological polar surface area (TPSA) is 86.7 Å². The van der Waals surface area contributed by atoms with Gasteiger partial charge in [-0.15, -0.1) is 0 Å². The number of nitrogens with one attached hydrogen (secondary N) is 1. The number of urea groups is 1. The Bertz CT molecular complexity index is 930. The minimum absolute atomic E-state index is 0.195. The van der Waals surface area contributed by atoms with E-state index in [4.69, 9.17) is 0 Å². The Labute approximate surface area is 222 Å². The van der Waals surface area contributed by atoms with Gasteiger partial charge in [0.1, 0.15) is 0 Å². The van der Waals surface area contributed by atoms with E-state index in [0.717, 1.165) is 43.2 Å². The van der Waals surface area contributed by atoms with Crippen LogP contribution in [0.5, 0.6) is 0 Å². The number of aliphatic carboxylic acids is 1. The molecular formula is C31H44N2O4. The molecule has 37 heavy (non-hydrogen) atoms. The van der Waals surface area contributed by atoms with Crippen molar-refractivity contribution in [1.29, 1.82) is 0 Å². The van der Waals surface area contributed by atoms with Gasteiger partial charge in [-0.25, -0.2) is 4.79 Å².